The van der Waals surface area contributed by atoms with Gasteiger partial charge in [-0.1, -0.05) is 24.3 Å². The van der Waals surface area contributed by atoms with Crippen LogP contribution in [0.4, 0.5) is 11.4 Å². The zero-order valence-corrected chi connectivity index (χ0v) is 13.7. The predicted molar refractivity (Wildman–Crippen MR) is 95.7 cm³/mol. The summed E-state index contributed by atoms with van der Waals surface area (Å²) in [6.45, 7) is 1.49. The normalized spacial score (nSPS) is 9.83. The molecule has 2 N–H and O–H groups in total. The van der Waals surface area contributed by atoms with Gasteiger partial charge >= 0.3 is 0 Å². The molecule has 0 saturated carbocycles. The minimum atomic E-state index is -0.278. The van der Waals surface area contributed by atoms with Gasteiger partial charge in [-0.3, -0.25) is 14.9 Å². The Morgan fingerprint density at radius 3 is 2.39 bits per heavy atom. The Labute approximate surface area is 140 Å². The highest BCUT2D eigenvalue weighted by atomic mass is 32.1. The third-order valence-corrected chi connectivity index (χ3v) is 3.43. The number of rotatable bonds is 3. The van der Waals surface area contributed by atoms with Crippen LogP contribution in [0.2, 0.25) is 0 Å². The van der Waals surface area contributed by atoms with Crippen molar-refractivity contribution in [3.63, 3.8) is 0 Å². The fourth-order valence-corrected chi connectivity index (χ4v) is 2.11. The van der Waals surface area contributed by atoms with Crippen LogP contribution < -0.4 is 15.5 Å². The minimum absolute atomic E-state index is 0.0675. The summed E-state index contributed by atoms with van der Waals surface area (Å²) in [5.74, 6) is -0.345. The molecule has 0 unspecified atom stereocenters. The summed E-state index contributed by atoms with van der Waals surface area (Å²) in [7, 11) is 1.69. The second-order valence-corrected chi connectivity index (χ2v) is 5.31. The van der Waals surface area contributed by atoms with Gasteiger partial charge in [-0.05, 0) is 42.5 Å². The molecule has 5 nitrogen and oxygen atoms in total. The first-order valence-electron chi connectivity index (χ1n) is 6.99. The Morgan fingerprint density at radius 1 is 1.04 bits per heavy atom. The molecule has 0 aliphatic rings. The summed E-state index contributed by atoms with van der Waals surface area (Å²) in [6, 6.07) is 16.0. The van der Waals surface area contributed by atoms with Crippen molar-refractivity contribution in [2.24, 2.45) is 0 Å². The molecule has 0 heterocycles. The Balaban J connectivity index is 2.02. The third kappa shape index (κ3) is 4.62. The zero-order valence-electron chi connectivity index (χ0n) is 12.9. The van der Waals surface area contributed by atoms with Crippen molar-refractivity contribution in [2.75, 3.05) is 17.3 Å². The van der Waals surface area contributed by atoms with Crippen LogP contribution in [-0.2, 0) is 4.79 Å². The number of nitrogens with one attached hydrogen (secondary N) is 2. The molecule has 23 heavy (non-hydrogen) atoms. The first-order chi connectivity index (χ1) is 11.0. The lowest BCUT2D eigenvalue weighted by atomic mass is 10.2. The summed E-state index contributed by atoms with van der Waals surface area (Å²) in [6.07, 6.45) is 0. The molecule has 0 atom stereocenters. The molecule has 0 radical (unpaired) electrons. The Kier molecular flexibility index (Phi) is 5.43. The van der Waals surface area contributed by atoms with Crippen LogP contribution in [0.15, 0.2) is 54.6 Å². The van der Waals surface area contributed by atoms with E-state index in [1.807, 2.05) is 12.1 Å². The van der Waals surface area contributed by atoms with Crippen molar-refractivity contribution >= 4 is 40.5 Å². The standard InChI is InChI=1S/C17H17N3O2S/c1-12(21)20(2)15-10-6-9-14(11-15)18-17(23)19-16(22)13-7-4-3-5-8-13/h3-11H,1-2H3,(H2,18,19,22,23). The molecule has 0 fully saturated rings. The summed E-state index contributed by atoms with van der Waals surface area (Å²) in [5.41, 5.74) is 1.95. The number of benzene rings is 2. The molecule has 0 aliphatic heterocycles. The van der Waals surface area contributed by atoms with Gasteiger partial charge in [0.05, 0.1) is 0 Å². The molecule has 0 bridgehead atoms. The maximum Gasteiger partial charge on any atom is 0.257 e. The molecule has 6 heteroatoms. The van der Waals surface area contributed by atoms with E-state index in [0.717, 1.165) is 5.69 Å². The van der Waals surface area contributed by atoms with Crippen LogP contribution in [-0.4, -0.2) is 24.0 Å². The second-order valence-electron chi connectivity index (χ2n) is 4.90. The number of hydrogen-bond acceptors (Lipinski definition) is 3. The highest BCUT2D eigenvalue weighted by Gasteiger charge is 2.09. The van der Waals surface area contributed by atoms with E-state index in [9.17, 15) is 9.59 Å². The van der Waals surface area contributed by atoms with Gasteiger partial charge in [0.15, 0.2) is 5.11 Å². The van der Waals surface area contributed by atoms with Gasteiger partial charge in [-0.15, -0.1) is 0 Å². The monoisotopic (exact) mass is 327 g/mol. The number of carbonyl (C=O) groups excluding carboxylic acids is 2. The summed E-state index contributed by atoms with van der Waals surface area (Å²) in [4.78, 5) is 24.9. The number of amides is 2. The molecule has 0 aliphatic carbocycles. The summed E-state index contributed by atoms with van der Waals surface area (Å²) < 4.78 is 0. The number of carbonyl (C=O) groups is 2. The van der Waals surface area contributed by atoms with Gasteiger partial charge in [-0.2, -0.15) is 0 Å². The van der Waals surface area contributed by atoms with Crippen molar-refractivity contribution in [1.29, 1.82) is 0 Å². The summed E-state index contributed by atoms with van der Waals surface area (Å²) in [5, 5.41) is 5.75. The van der Waals surface area contributed by atoms with Crippen molar-refractivity contribution in [3.8, 4) is 0 Å². The van der Waals surface area contributed by atoms with E-state index in [2.05, 4.69) is 10.6 Å². The lowest BCUT2D eigenvalue weighted by Crippen LogP contribution is -2.34. The topological polar surface area (TPSA) is 61.4 Å². The van der Waals surface area contributed by atoms with Gasteiger partial charge in [0.1, 0.15) is 0 Å². The van der Waals surface area contributed by atoms with Crippen LogP contribution in [0.25, 0.3) is 0 Å². The number of hydrogen-bond donors (Lipinski definition) is 2. The van der Waals surface area contributed by atoms with Crippen LogP contribution in [0.1, 0.15) is 17.3 Å². The van der Waals surface area contributed by atoms with Crippen molar-refractivity contribution in [2.45, 2.75) is 6.92 Å². The average molecular weight is 327 g/mol. The SMILES string of the molecule is CC(=O)N(C)c1cccc(NC(=S)NC(=O)c2ccccc2)c1. The lowest BCUT2D eigenvalue weighted by molar-refractivity contribution is -0.116. The number of anilines is 2. The third-order valence-electron chi connectivity index (χ3n) is 3.23. The van der Waals surface area contributed by atoms with Crippen LogP contribution in [0.5, 0.6) is 0 Å². The molecule has 2 rings (SSSR count). The van der Waals surface area contributed by atoms with Gasteiger partial charge in [0.25, 0.3) is 5.91 Å². The molecule has 118 valence electrons. The molecule has 2 aromatic carbocycles. The average Bonchev–Trinajstić information content (AvgIpc) is 2.55. The zero-order chi connectivity index (χ0) is 16.8. The van der Waals surface area contributed by atoms with Crippen molar-refractivity contribution in [3.05, 3.63) is 60.2 Å². The van der Waals surface area contributed by atoms with Crippen molar-refractivity contribution < 1.29 is 9.59 Å². The van der Waals surface area contributed by atoms with Gasteiger partial charge < -0.3 is 10.2 Å². The number of thiocarbonyl (C=S) groups is 1. The van der Waals surface area contributed by atoms with E-state index in [0.29, 0.717) is 11.3 Å². The molecule has 0 saturated heterocycles. The lowest BCUT2D eigenvalue weighted by Gasteiger charge is -2.16. The van der Waals surface area contributed by atoms with E-state index in [1.54, 1.807) is 49.5 Å². The maximum absolute atomic E-state index is 12.0. The van der Waals surface area contributed by atoms with Crippen LogP contribution >= 0.6 is 12.2 Å². The minimum Gasteiger partial charge on any atom is -0.332 e. The first-order valence-corrected chi connectivity index (χ1v) is 7.40. The van der Waals surface area contributed by atoms with E-state index in [-0.39, 0.29) is 16.9 Å². The molecule has 0 spiro atoms. The predicted octanol–water partition coefficient (Wildman–Crippen LogP) is 2.80. The molecule has 2 aromatic rings. The largest absolute Gasteiger partial charge is 0.332 e. The number of nitrogens with zero attached hydrogens (tertiary/aromatic N) is 1. The highest BCUT2D eigenvalue weighted by molar-refractivity contribution is 7.80. The van der Waals surface area contributed by atoms with Crippen LogP contribution in [0.3, 0.4) is 0 Å². The quantitative estimate of drug-likeness (QED) is 0.851. The smallest absolute Gasteiger partial charge is 0.257 e. The van der Waals surface area contributed by atoms with Gasteiger partial charge in [0.2, 0.25) is 5.91 Å². The van der Waals surface area contributed by atoms with Crippen molar-refractivity contribution in [1.82, 2.24) is 5.32 Å². The fraction of sp³-hybridized carbons (Fsp3) is 0.118. The van der Waals surface area contributed by atoms with E-state index in [1.165, 1.54) is 11.8 Å². The molecular formula is C17H17N3O2S. The Hall–Kier alpha value is -2.73. The fourth-order valence-electron chi connectivity index (χ4n) is 1.90. The van der Waals surface area contributed by atoms with Gasteiger partial charge in [0, 0.05) is 30.9 Å². The van der Waals surface area contributed by atoms with E-state index in [4.69, 9.17) is 12.2 Å². The molecule has 0 aromatic heterocycles. The first kappa shape index (κ1) is 16.6. The highest BCUT2D eigenvalue weighted by Crippen LogP contribution is 2.18. The van der Waals surface area contributed by atoms with Crippen LogP contribution in [0, 0.1) is 0 Å². The van der Waals surface area contributed by atoms with E-state index >= 15 is 0 Å². The van der Waals surface area contributed by atoms with E-state index < -0.39 is 0 Å². The Morgan fingerprint density at radius 2 is 1.74 bits per heavy atom. The van der Waals surface area contributed by atoms with Gasteiger partial charge in [-0.25, -0.2) is 0 Å². The molecule has 2 amide bonds. The Bertz CT molecular complexity index is 732. The summed E-state index contributed by atoms with van der Waals surface area (Å²) >= 11 is 5.15. The maximum atomic E-state index is 12.0. The molecular weight excluding hydrogens is 310 g/mol. The second kappa shape index (κ2) is 7.51.